The molecule has 0 N–H and O–H groups in total. The maximum Gasteiger partial charge on any atom is 0.257 e. The molecule has 0 radical (unpaired) electrons. The number of ether oxygens (including phenoxy) is 1. The Kier molecular flexibility index (Phi) is 4.06. The van der Waals surface area contributed by atoms with Crippen molar-refractivity contribution in [3.05, 3.63) is 29.8 Å². The first-order chi connectivity index (χ1) is 10.6. The summed E-state index contributed by atoms with van der Waals surface area (Å²) in [6.45, 7) is 1.54. The van der Waals surface area contributed by atoms with Crippen LogP contribution in [0, 0.1) is 5.82 Å². The summed E-state index contributed by atoms with van der Waals surface area (Å²) in [5.41, 5.74) is 0.0124. The van der Waals surface area contributed by atoms with E-state index in [-0.39, 0.29) is 29.5 Å². The van der Waals surface area contributed by atoms with Gasteiger partial charge in [0.25, 0.3) is 5.91 Å². The maximum absolute atomic E-state index is 13.8. The molecule has 7 heteroatoms. The summed E-state index contributed by atoms with van der Waals surface area (Å²) in [7, 11) is 1.59. The third-order valence-corrected chi connectivity index (χ3v) is 4.41. The van der Waals surface area contributed by atoms with E-state index < -0.39 is 5.82 Å². The molecule has 3 heterocycles. The van der Waals surface area contributed by atoms with Gasteiger partial charge in [-0.25, -0.2) is 4.39 Å². The Labute approximate surface area is 127 Å². The summed E-state index contributed by atoms with van der Waals surface area (Å²) in [5.74, 6) is -0.968. The fourth-order valence-electron chi connectivity index (χ4n) is 3.36. The number of hydrogen-bond donors (Lipinski definition) is 0. The lowest BCUT2D eigenvalue weighted by atomic mass is 10.1. The van der Waals surface area contributed by atoms with E-state index in [2.05, 4.69) is 4.98 Å². The number of halogens is 1. The third-order valence-electron chi connectivity index (χ3n) is 4.41. The van der Waals surface area contributed by atoms with Gasteiger partial charge in [0.15, 0.2) is 5.82 Å². The highest BCUT2D eigenvalue weighted by molar-refractivity contribution is 5.95. The number of amides is 2. The third kappa shape index (κ3) is 2.45. The van der Waals surface area contributed by atoms with E-state index >= 15 is 0 Å². The zero-order valence-electron chi connectivity index (χ0n) is 12.4. The monoisotopic (exact) mass is 307 g/mol. The summed E-state index contributed by atoms with van der Waals surface area (Å²) < 4.78 is 18.8. The van der Waals surface area contributed by atoms with E-state index in [4.69, 9.17) is 4.74 Å². The molecule has 2 atom stereocenters. The Balaban J connectivity index is 1.77. The second-order valence-electron chi connectivity index (χ2n) is 5.56. The molecule has 1 aromatic rings. The topological polar surface area (TPSA) is 62.7 Å². The number of likely N-dealkylation sites (tertiary alicyclic amines) is 2. The molecule has 0 unspecified atom stereocenters. The van der Waals surface area contributed by atoms with Crippen LogP contribution in [-0.4, -0.2) is 65.5 Å². The maximum atomic E-state index is 13.8. The molecule has 1 aromatic heterocycles. The van der Waals surface area contributed by atoms with E-state index in [0.717, 1.165) is 12.6 Å². The van der Waals surface area contributed by atoms with Gasteiger partial charge < -0.3 is 14.5 Å². The van der Waals surface area contributed by atoms with Crippen molar-refractivity contribution in [1.29, 1.82) is 0 Å². The first-order valence-corrected chi connectivity index (χ1v) is 7.32. The van der Waals surface area contributed by atoms with Crippen molar-refractivity contribution in [2.24, 2.45) is 0 Å². The highest BCUT2D eigenvalue weighted by Gasteiger charge is 2.48. The van der Waals surface area contributed by atoms with Crippen LogP contribution in [0.1, 0.15) is 23.2 Å². The van der Waals surface area contributed by atoms with E-state index in [9.17, 15) is 14.0 Å². The fourth-order valence-corrected chi connectivity index (χ4v) is 3.36. The molecule has 2 saturated heterocycles. The number of methoxy groups -OCH3 is 1. The van der Waals surface area contributed by atoms with Gasteiger partial charge >= 0.3 is 0 Å². The van der Waals surface area contributed by atoms with Crippen molar-refractivity contribution in [3.63, 3.8) is 0 Å². The van der Waals surface area contributed by atoms with Gasteiger partial charge in [-0.1, -0.05) is 0 Å². The van der Waals surface area contributed by atoms with Gasteiger partial charge in [-0.3, -0.25) is 14.6 Å². The molecule has 0 spiro atoms. The smallest absolute Gasteiger partial charge is 0.257 e. The zero-order chi connectivity index (χ0) is 15.7. The molecule has 22 heavy (non-hydrogen) atoms. The molecule has 0 saturated carbocycles. The summed E-state index contributed by atoms with van der Waals surface area (Å²) in [6, 6.07) is 1.21. The average Bonchev–Trinajstić information content (AvgIpc) is 3.03. The van der Waals surface area contributed by atoms with E-state index in [1.54, 1.807) is 16.9 Å². The predicted molar refractivity (Wildman–Crippen MR) is 75.6 cm³/mol. The lowest BCUT2D eigenvalue weighted by Gasteiger charge is -2.25. The van der Waals surface area contributed by atoms with Crippen LogP contribution in [-0.2, 0) is 9.53 Å². The lowest BCUT2D eigenvalue weighted by Crippen LogP contribution is -2.41. The minimum absolute atomic E-state index is 0.0106. The van der Waals surface area contributed by atoms with Crippen molar-refractivity contribution in [2.75, 3.05) is 26.8 Å². The molecule has 3 rings (SSSR count). The molecule has 2 aliphatic heterocycles. The minimum Gasteiger partial charge on any atom is -0.383 e. The minimum atomic E-state index is -0.628. The average molecular weight is 307 g/mol. The number of pyridine rings is 1. The van der Waals surface area contributed by atoms with Gasteiger partial charge in [0.05, 0.1) is 30.5 Å². The number of carbonyl (C=O) groups excluding carboxylic acids is 2. The first-order valence-electron chi connectivity index (χ1n) is 7.32. The quantitative estimate of drug-likeness (QED) is 0.821. The molecule has 0 bridgehead atoms. The number of rotatable bonds is 4. The fraction of sp³-hybridized carbons (Fsp3) is 0.533. The molecule has 6 nitrogen and oxygen atoms in total. The number of hydrogen-bond acceptors (Lipinski definition) is 4. The second-order valence-corrected chi connectivity index (χ2v) is 5.56. The summed E-state index contributed by atoms with van der Waals surface area (Å²) >= 11 is 0. The van der Waals surface area contributed by atoms with Crippen LogP contribution >= 0.6 is 0 Å². The summed E-state index contributed by atoms with van der Waals surface area (Å²) in [5, 5.41) is 0. The molecule has 2 amide bonds. The lowest BCUT2D eigenvalue weighted by molar-refractivity contribution is -0.129. The Morgan fingerprint density at radius 3 is 3.05 bits per heavy atom. The Morgan fingerprint density at radius 2 is 2.32 bits per heavy atom. The van der Waals surface area contributed by atoms with E-state index in [0.29, 0.717) is 26.1 Å². The van der Waals surface area contributed by atoms with Crippen LogP contribution in [0.25, 0.3) is 0 Å². The van der Waals surface area contributed by atoms with Crippen molar-refractivity contribution in [1.82, 2.24) is 14.8 Å². The van der Waals surface area contributed by atoms with Gasteiger partial charge in [0.2, 0.25) is 5.91 Å². The van der Waals surface area contributed by atoms with Gasteiger partial charge in [0.1, 0.15) is 0 Å². The Bertz CT molecular complexity index is 595. The number of fused-ring (bicyclic) bond motifs is 1. The van der Waals surface area contributed by atoms with E-state index in [1.807, 2.05) is 0 Å². The zero-order valence-corrected chi connectivity index (χ0v) is 12.4. The summed E-state index contributed by atoms with van der Waals surface area (Å²) in [4.78, 5) is 31.7. The normalized spacial score (nSPS) is 24.0. The van der Waals surface area contributed by atoms with Crippen LogP contribution in [0.2, 0.25) is 0 Å². The number of carbonyl (C=O) groups is 2. The van der Waals surface area contributed by atoms with Crippen molar-refractivity contribution in [3.8, 4) is 0 Å². The van der Waals surface area contributed by atoms with Gasteiger partial charge in [0, 0.05) is 32.8 Å². The highest BCUT2D eigenvalue weighted by atomic mass is 19.1. The van der Waals surface area contributed by atoms with Crippen LogP contribution < -0.4 is 0 Å². The molecule has 2 fully saturated rings. The number of aromatic nitrogens is 1. The van der Waals surface area contributed by atoms with Crippen LogP contribution in [0.15, 0.2) is 18.5 Å². The van der Waals surface area contributed by atoms with E-state index in [1.165, 1.54) is 12.3 Å². The van der Waals surface area contributed by atoms with Crippen molar-refractivity contribution in [2.45, 2.75) is 24.9 Å². The highest BCUT2D eigenvalue weighted by Crippen LogP contribution is 2.33. The Hall–Kier alpha value is -2.02. The van der Waals surface area contributed by atoms with Crippen molar-refractivity contribution >= 4 is 11.8 Å². The molecule has 0 aliphatic carbocycles. The van der Waals surface area contributed by atoms with Gasteiger partial charge in [-0.05, 0) is 12.5 Å². The molecule has 2 aliphatic rings. The van der Waals surface area contributed by atoms with Crippen LogP contribution in [0.5, 0.6) is 0 Å². The van der Waals surface area contributed by atoms with Crippen LogP contribution in [0.3, 0.4) is 0 Å². The SMILES string of the molecule is COCCN1C(=O)C[C@@H]2[C@@H]1CCN2C(=O)c1ccncc1F. The van der Waals surface area contributed by atoms with Crippen molar-refractivity contribution < 1.29 is 18.7 Å². The van der Waals surface area contributed by atoms with Gasteiger partial charge in [-0.2, -0.15) is 0 Å². The standard InChI is InChI=1S/C15H18FN3O3/c1-22-7-6-18-12-3-5-19(13(12)8-14(18)20)15(21)10-2-4-17-9-11(10)16/h2,4,9,12-13H,3,5-8H2,1H3/t12-,13+/m0/s1. The Morgan fingerprint density at radius 1 is 1.50 bits per heavy atom. The molecular formula is C15H18FN3O3. The van der Waals surface area contributed by atoms with Crippen LogP contribution in [0.4, 0.5) is 4.39 Å². The number of nitrogens with zero attached hydrogens (tertiary/aromatic N) is 3. The van der Waals surface area contributed by atoms with Gasteiger partial charge in [-0.15, -0.1) is 0 Å². The first kappa shape index (κ1) is 14.9. The molecular weight excluding hydrogens is 289 g/mol. The molecule has 118 valence electrons. The second kappa shape index (κ2) is 6.00. The largest absolute Gasteiger partial charge is 0.383 e. The predicted octanol–water partition coefficient (Wildman–Crippen LogP) is 0.682. The summed E-state index contributed by atoms with van der Waals surface area (Å²) in [6.07, 6.45) is 3.45. The molecule has 0 aromatic carbocycles.